The number of nitrogens with one attached hydrogen (secondary N) is 1. The normalized spacial score (nSPS) is 14.6. The fourth-order valence-corrected chi connectivity index (χ4v) is 3.90. The molecule has 28 heavy (non-hydrogen) atoms. The lowest BCUT2D eigenvalue weighted by Crippen LogP contribution is -2.28. The lowest BCUT2D eigenvalue weighted by molar-refractivity contribution is -0.118. The number of methoxy groups -OCH3 is 2. The Morgan fingerprint density at radius 1 is 1.18 bits per heavy atom. The number of nitrogens with zero attached hydrogens (tertiary/aromatic N) is 2. The van der Waals surface area contributed by atoms with E-state index in [-0.39, 0.29) is 5.91 Å². The first kappa shape index (κ1) is 18.5. The molecule has 3 aromatic rings. The third kappa shape index (κ3) is 3.13. The maximum atomic E-state index is 12.9. The van der Waals surface area contributed by atoms with Crippen LogP contribution in [0.4, 0.5) is 5.13 Å². The number of amides is 1. The van der Waals surface area contributed by atoms with Gasteiger partial charge in [0.15, 0.2) is 22.4 Å². The topological polar surface area (TPSA) is 86.5 Å². The van der Waals surface area contributed by atoms with E-state index in [1.165, 1.54) is 11.3 Å². The molecule has 2 heterocycles. The molecule has 146 valence electrons. The number of rotatable bonds is 6. The van der Waals surface area contributed by atoms with Gasteiger partial charge in [0.1, 0.15) is 0 Å². The first-order valence-electron chi connectivity index (χ1n) is 8.92. The van der Waals surface area contributed by atoms with Gasteiger partial charge >= 0.3 is 0 Å². The van der Waals surface area contributed by atoms with E-state index in [0.717, 1.165) is 29.0 Å². The summed E-state index contributed by atoms with van der Waals surface area (Å²) in [5, 5.41) is 7.74. The van der Waals surface area contributed by atoms with Crippen LogP contribution in [-0.2, 0) is 10.2 Å². The van der Waals surface area contributed by atoms with Gasteiger partial charge in [0.25, 0.3) is 0 Å². The predicted molar refractivity (Wildman–Crippen MR) is 106 cm³/mol. The Bertz CT molecular complexity index is 1020. The van der Waals surface area contributed by atoms with Crippen LogP contribution in [0.15, 0.2) is 28.8 Å². The third-order valence-corrected chi connectivity index (χ3v) is 6.09. The Morgan fingerprint density at radius 2 is 1.93 bits per heavy atom. The molecule has 0 radical (unpaired) electrons. The molecular formula is C20H21N3O4S. The average Bonchev–Trinajstić information content (AvgIpc) is 3.25. The van der Waals surface area contributed by atoms with Gasteiger partial charge in [0.2, 0.25) is 5.91 Å². The summed E-state index contributed by atoms with van der Waals surface area (Å²) in [6, 6.07) is 7.32. The van der Waals surface area contributed by atoms with Crippen molar-refractivity contribution in [3.05, 3.63) is 40.5 Å². The number of hydrogen-bond acceptors (Lipinski definition) is 7. The summed E-state index contributed by atoms with van der Waals surface area (Å²) in [6.45, 7) is 3.92. The Hall–Kier alpha value is -2.87. The van der Waals surface area contributed by atoms with Crippen molar-refractivity contribution in [2.24, 2.45) is 0 Å². The van der Waals surface area contributed by atoms with Crippen LogP contribution in [-0.4, -0.2) is 30.3 Å². The van der Waals surface area contributed by atoms with E-state index in [4.69, 9.17) is 14.0 Å². The average molecular weight is 399 g/mol. The highest BCUT2D eigenvalue weighted by Crippen LogP contribution is 2.49. The van der Waals surface area contributed by atoms with Crippen LogP contribution in [0.5, 0.6) is 11.5 Å². The molecule has 1 aromatic carbocycles. The Kier molecular flexibility index (Phi) is 4.58. The highest BCUT2D eigenvalue weighted by Gasteiger charge is 2.54. The molecule has 7 nitrogen and oxygen atoms in total. The fourth-order valence-electron chi connectivity index (χ4n) is 3.09. The number of ether oxygens (including phenoxy) is 2. The molecule has 2 aromatic heterocycles. The summed E-state index contributed by atoms with van der Waals surface area (Å²) in [5.41, 5.74) is 1.73. The van der Waals surface area contributed by atoms with Gasteiger partial charge in [-0.2, -0.15) is 0 Å². The molecular weight excluding hydrogens is 378 g/mol. The summed E-state index contributed by atoms with van der Waals surface area (Å²) >= 11 is 1.48. The zero-order valence-electron chi connectivity index (χ0n) is 16.2. The van der Waals surface area contributed by atoms with Crippen LogP contribution in [0, 0.1) is 13.8 Å². The Labute approximate surface area is 166 Å². The first-order chi connectivity index (χ1) is 13.5. The molecule has 0 unspecified atom stereocenters. The predicted octanol–water partition coefficient (Wildman–Crippen LogP) is 4.10. The highest BCUT2D eigenvalue weighted by molar-refractivity contribution is 7.15. The quantitative estimate of drug-likeness (QED) is 0.671. The van der Waals surface area contributed by atoms with E-state index in [1.54, 1.807) is 14.2 Å². The largest absolute Gasteiger partial charge is 0.493 e. The monoisotopic (exact) mass is 399 g/mol. The minimum atomic E-state index is -0.647. The SMILES string of the molecule is COc1ccc(-c2cc(C3(C(=O)Nc4nc(C)c(C)s4)CC3)no2)cc1OC. The number of hydrogen-bond donors (Lipinski definition) is 1. The number of carbonyl (C=O) groups is 1. The van der Waals surface area contributed by atoms with Crippen molar-refractivity contribution in [1.82, 2.24) is 10.1 Å². The molecule has 4 rings (SSSR count). The summed E-state index contributed by atoms with van der Waals surface area (Å²) < 4.78 is 16.1. The van der Waals surface area contributed by atoms with E-state index < -0.39 is 5.41 Å². The van der Waals surface area contributed by atoms with Crippen molar-refractivity contribution >= 4 is 22.4 Å². The second-order valence-corrected chi connectivity index (χ2v) is 8.05. The summed E-state index contributed by atoms with van der Waals surface area (Å²) in [4.78, 5) is 18.4. The molecule has 1 N–H and O–H groups in total. The molecule has 1 aliphatic rings. The molecule has 1 amide bonds. The number of aryl methyl sites for hydroxylation is 2. The molecule has 0 saturated heterocycles. The lowest BCUT2D eigenvalue weighted by Gasteiger charge is -2.10. The van der Waals surface area contributed by atoms with Crippen molar-refractivity contribution in [1.29, 1.82) is 0 Å². The number of aromatic nitrogens is 2. The number of benzene rings is 1. The fraction of sp³-hybridized carbons (Fsp3) is 0.350. The zero-order chi connectivity index (χ0) is 19.9. The van der Waals surface area contributed by atoms with Gasteiger partial charge in [-0.1, -0.05) is 5.16 Å². The van der Waals surface area contributed by atoms with Crippen molar-refractivity contribution in [2.75, 3.05) is 19.5 Å². The van der Waals surface area contributed by atoms with Gasteiger partial charge in [0, 0.05) is 16.5 Å². The van der Waals surface area contributed by atoms with Crippen LogP contribution in [0.1, 0.15) is 29.1 Å². The minimum Gasteiger partial charge on any atom is -0.493 e. The summed E-state index contributed by atoms with van der Waals surface area (Å²) in [7, 11) is 3.17. The van der Waals surface area contributed by atoms with Crippen molar-refractivity contribution < 1.29 is 18.8 Å². The molecule has 1 saturated carbocycles. The van der Waals surface area contributed by atoms with E-state index in [0.29, 0.717) is 28.1 Å². The summed E-state index contributed by atoms with van der Waals surface area (Å²) in [5.74, 6) is 1.73. The standard InChI is InChI=1S/C20H21N3O4S/c1-11-12(2)28-19(21-11)22-18(24)20(7-8-20)17-10-15(27-23-17)13-5-6-14(25-3)16(9-13)26-4/h5-6,9-10H,7-8H2,1-4H3,(H,21,22,24). The zero-order valence-corrected chi connectivity index (χ0v) is 17.0. The van der Waals surface area contributed by atoms with Crippen LogP contribution in [0.3, 0.4) is 0 Å². The van der Waals surface area contributed by atoms with Crippen LogP contribution in [0.25, 0.3) is 11.3 Å². The second-order valence-electron chi connectivity index (χ2n) is 6.84. The number of thiazole rings is 1. The lowest BCUT2D eigenvalue weighted by atomic mass is 10.0. The molecule has 0 spiro atoms. The Balaban J connectivity index is 1.57. The van der Waals surface area contributed by atoms with Crippen molar-refractivity contribution in [3.63, 3.8) is 0 Å². The molecule has 8 heteroatoms. The van der Waals surface area contributed by atoms with E-state index >= 15 is 0 Å². The maximum Gasteiger partial charge on any atom is 0.238 e. The highest BCUT2D eigenvalue weighted by atomic mass is 32.1. The van der Waals surface area contributed by atoms with E-state index in [9.17, 15) is 4.79 Å². The maximum absolute atomic E-state index is 12.9. The molecule has 0 aliphatic heterocycles. The molecule has 0 atom stereocenters. The second kappa shape index (κ2) is 6.94. The number of carbonyl (C=O) groups excluding carboxylic acids is 1. The van der Waals surface area contributed by atoms with Crippen molar-refractivity contribution in [3.8, 4) is 22.8 Å². The molecule has 1 fully saturated rings. The van der Waals surface area contributed by atoms with Gasteiger partial charge in [-0.15, -0.1) is 11.3 Å². The summed E-state index contributed by atoms with van der Waals surface area (Å²) in [6.07, 6.45) is 1.47. The van der Waals surface area contributed by atoms with E-state index in [1.807, 2.05) is 38.1 Å². The smallest absolute Gasteiger partial charge is 0.238 e. The molecule has 1 aliphatic carbocycles. The Morgan fingerprint density at radius 3 is 2.54 bits per heavy atom. The van der Waals surface area contributed by atoms with Crippen LogP contribution in [0.2, 0.25) is 0 Å². The van der Waals surface area contributed by atoms with Crippen LogP contribution >= 0.6 is 11.3 Å². The van der Waals surface area contributed by atoms with Crippen molar-refractivity contribution in [2.45, 2.75) is 32.1 Å². The van der Waals surface area contributed by atoms with Gasteiger partial charge in [-0.3, -0.25) is 4.79 Å². The molecule has 0 bridgehead atoms. The third-order valence-electron chi connectivity index (χ3n) is 5.10. The minimum absolute atomic E-state index is 0.0894. The van der Waals surface area contributed by atoms with Gasteiger partial charge < -0.3 is 19.3 Å². The van der Waals surface area contributed by atoms with Gasteiger partial charge in [0.05, 0.1) is 31.0 Å². The number of anilines is 1. The first-order valence-corrected chi connectivity index (χ1v) is 9.73. The van der Waals surface area contributed by atoms with E-state index in [2.05, 4.69) is 15.5 Å². The van der Waals surface area contributed by atoms with Gasteiger partial charge in [-0.25, -0.2) is 4.98 Å². The van der Waals surface area contributed by atoms with Crippen LogP contribution < -0.4 is 14.8 Å². The van der Waals surface area contributed by atoms with Gasteiger partial charge in [-0.05, 0) is 44.9 Å².